The number of nitrogens with zero attached hydrogens (tertiary/aromatic N) is 2. The van der Waals surface area contributed by atoms with Gasteiger partial charge in [0.2, 0.25) is 0 Å². The molecule has 5 heteroatoms. The van der Waals surface area contributed by atoms with E-state index < -0.39 is 0 Å². The van der Waals surface area contributed by atoms with E-state index in [2.05, 4.69) is 17.3 Å². The quantitative estimate of drug-likeness (QED) is 0.670. The second-order valence-electron chi connectivity index (χ2n) is 5.24. The van der Waals surface area contributed by atoms with Crippen LogP contribution in [0, 0.1) is 17.0 Å². The van der Waals surface area contributed by atoms with Crippen LogP contribution in [0.2, 0.25) is 0 Å². The van der Waals surface area contributed by atoms with Crippen LogP contribution in [-0.4, -0.2) is 36.0 Å². The second kappa shape index (κ2) is 6.02. The lowest BCUT2D eigenvalue weighted by atomic mass is 10.0. The third-order valence-electron chi connectivity index (χ3n) is 3.88. The highest BCUT2D eigenvalue weighted by Gasteiger charge is 2.21. The fraction of sp³-hybridized carbons (Fsp3) is 0.571. The molecule has 1 aromatic carbocycles. The Balaban J connectivity index is 2.08. The molecule has 1 N–H and O–H groups in total. The molecule has 5 nitrogen and oxygen atoms in total. The number of piperidine rings is 1. The molecule has 0 saturated carbocycles. The van der Waals surface area contributed by atoms with Crippen LogP contribution in [0.3, 0.4) is 0 Å². The van der Waals surface area contributed by atoms with Crippen molar-refractivity contribution in [2.75, 3.05) is 25.5 Å². The zero-order valence-electron chi connectivity index (χ0n) is 11.6. The third kappa shape index (κ3) is 3.23. The van der Waals surface area contributed by atoms with Crippen LogP contribution in [0.15, 0.2) is 18.2 Å². The molecule has 1 aliphatic heterocycles. The molecule has 0 spiro atoms. The lowest BCUT2D eigenvalue weighted by Gasteiger charge is -2.32. The molecule has 1 aliphatic rings. The molecule has 1 aromatic rings. The minimum Gasteiger partial charge on any atom is -0.378 e. The lowest BCUT2D eigenvalue weighted by Crippen LogP contribution is -2.40. The number of benzene rings is 1. The standard InChI is InChI=1S/C14H21N3O2/c1-11-6-5-8-13(17(18)19)14(11)15-10-12-7-3-4-9-16(12)2/h5-6,8,12,15H,3-4,7,9-10H2,1-2H3. The summed E-state index contributed by atoms with van der Waals surface area (Å²) in [6, 6.07) is 5.65. The van der Waals surface area contributed by atoms with Crippen molar-refractivity contribution in [1.29, 1.82) is 0 Å². The Morgan fingerprint density at radius 1 is 1.47 bits per heavy atom. The first-order chi connectivity index (χ1) is 9.09. The smallest absolute Gasteiger partial charge is 0.292 e. The molecule has 1 atom stereocenters. The second-order valence-corrected chi connectivity index (χ2v) is 5.24. The van der Waals surface area contributed by atoms with Gasteiger partial charge in [0.15, 0.2) is 0 Å². The van der Waals surface area contributed by atoms with E-state index in [-0.39, 0.29) is 10.6 Å². The van der Waals surface area contributed by atoms with Gasteiger partial charge in [-0.3, -0.25) is 10.1 Å². The molecular weight excluding hydrogens is 242 g/mol. The van der Waals surface area contributed by atoms with Crippen molar-refractivity contribution < 1.29 is 4.92 Å². The molecule has 0 aromatic heterocycles. The van der Waals surface area contributed by atoms with Crippen LogP contribution >= 0.6 is 0 Å². The summed E-state index contributed by atoms with van der Waals surface area (Å²) < 4.78 is 0. The Bertz CT molecular complexity index is 462. The Kier molecular flexibility index (Phi) is 4.37. The molecule has 19 heavy (non-hydrogen) atoms. The summed E-state index contributed by atoms with van der Waals surface area (Å²) in [6.07, 6.45) is 3.65. The van der Waals surface area contributed by atoms with E-state index in [1.165, 1.54) is 12.8 Å². The number of anilines is 1. The highest BCUT2D eigenvalue weighted by atomic mass is 16.6. The number of aryl methyl sites for hydroxylation is 1. The number of nitrogens with one attached hydrogen (secondary N) is 1. The Morgan fingerprint density at radius 3 is 2.95 bits per heavy atom. The third-order valence-corrected chi connectivity index (χ3v) is 3.88. The molecule has 1 unspecified atom stereocenters. The van der Waals surface area contributed by atoms with Gasteiger partial charge in [0.05, 0.1) is 4.92 Å². The summed E-state index contributed by atoms with van der Waals surface area (Å²) in [5, 5.41) is 14.3. The van der Waals surface area contributed by atoms with Gasteiger partial charge in [0.1, 0.15) is 5.69 Å². The minimum absolute atomic E-state index is 0.165. The maximum absolute atomic E-state index is 11.0. The van der Waals surface area contributed by atoms with Crippen LogP contribution in [0.4, 0.5) is 11.4 Å². The summed E-state index contributed by atoms with van der Waals surface area (Å²) >= 11 is 0. The summed E-state index contributed by atoms with van der Waals surface area (Å²) in [4.78, 5) is 13.1. The monoisotopic (exact) mass is 263 g/mol. The number of hydrogen-bond acceptors (Lipinski definition) is 4. The molecule has 0 aliphatic carbocycles. The number of nitro benzene ring substituents is 1. The van der Waals surface area contributed by atoms with Crippen LogP contribution in [0.5, 0.6) is 0 Å². The van der Waals surface area contributed by atoms with Gasteiger partial charge >= 0.3 is 0 Å². The van der Waals surface area contributed by atoms with E-state index >= 15 is 0 Å². The zero-order chi connectivity index (χ0) is 13.8. The highest BCUT2D eigenvalue weighted by molar-refractivity contribution is 5.66. The first-order valence-electron chi connectivity index (χ1n) is 6.77. The Hall–Kier alpha value is -1.62. The summed E-state index contributed by atoms with van der Waals surface area (Å²) in [5.74, 6) is 0. The van der Waals surface area contributed by atoms with Crippen molar-refractivity contribution in [2.24, 2.45) is 0 Å². The topological polar surface area (TPSA) is 58.4 Å². The SMILES string of the molecule is Cc1cccc([N+](=O)[O-])c1NCC1CCCCN1C. The van der Waals surface area contributed by atoms with Gasteiger partial charge in [0.25, 0.3) is 5.69 Å². The molecule has 2 rings (SSSR count). The molecule has 0 bridgehead atoms. The van der Waals surface area contributed by atoms with E-state index in [0.29, 0.717) is 11.7 Å². The fourth-order valence-corrected chi connectivity index (χ4v) is 2.66. The molecule has 1 fully saturated rings. The first-order valence-corrected chi connectivity index (χ1v) is 6.77. The average Bonchev–Trinajstić information content (AvgIpc) is 2.38. The van der Waals surface area contributed by atoms with Crippen LogP contribution in [-0.2, 0) is 0 Å². The van der Waals surface area contributed by atoms with Crippen LogP contribution in [0.25, 0.3) is 0 Å². The normalized spacial score (nSPS) is 20.2. The van der Waals surface area contributed by atoms with E-state index in [1.54, 1.807) is 12.1 Å². The van der Waals surface area contributed by atoms with Crippen molar-refractivity contribution in [3.63, 3.8) is 0 Å². The number of likely N-dealkylation sites (tertiary alicyclic amines) is 1. The molecule has 104 valence electrons. The van der Waals surface area contributed by atoms with Crippen molar-refractivity contribution in [3.8, 4) is 0 Å². The van der Waals surface area contributed by atoms with E-state index in [1.807, 2.05) is 13.0 Å². The summed E-state index contributed by atoms with van der Waals surface area (Å²) in [7, 11) is 2.12. The molecule has 1 heterocycles. The van der Waals surface area contributed by atoms with Crippen molar-refractivity contribution in [2.45, 2.75) is 32.2 Å². The predicted octanol–water partition coefficient (Wildman–Crippen LogP) is 2.80. The predicted molar refractivity (Wildman–Crippen MR) is 76.6 cm³/mol. The molecule has 0 radical (unpaired) electrons. The van der Waals surface area contributed by atoms with Crippen molar-refractivity contribution in [1.82, 2.24) is 4.90 Å². The molecular formula is C14H21N3O2. The number of para-hydroxylation sites is 1. The van der Waals surface area contributed by atoms with Gasteiger partial charge in [-0.2, -0.15) is 0 Å². The maximum Gasteiger partial charge on any atom is 0.292 e. The Morgan fingerprint density at radius 2 is 2.26 bits per heavy atom. The summed E-state index contributed by atoms with van der Waals surface area (Å²) in [6.45, 7) is 3.78. The number of rotatable bonds is 4. The molecule has 0 amide bonds. The maximum atomic E-state index is 11.0. The van der Waals surface area contributed by atoms with Crippen LogP contribution < -0.4 is 5.32 Å². The lowest BCUT2D eigenvalue weighted by molar-refractivity contribution is -0.384. The van der Waals surface area contributed by atoms with Gasteiger partial charge in [0, 0.05) is 18.7 Å². The number of likely N-dealkylation sites (N-methyl/N-ethyl adjacent to an activating group) is 1. The van der Waals surface area contributed by atoms with Crippen LogP contribution in [0.1, 0.15) is 24.8 Å². The van der Waals surface area contributed by atoms with Gasteiger partial charge < -0.3 is 10.2 Å². The van der Waals surface area contributed by atoms with E-state index in [9.17, 15) is 10.1 Å². The fourth-order valence-electron chi connectivity index (χ4n) is 2.66. The summed E-state index contributed by atoms with van der Waals surface area (Å²) in [5.41, 5.74) is 1.75. The van der Waals surface area contributed by atoms with Gasteiger partial charge in [-0.15, -0.1) is 0 Å². The van der Waals surface area contributed by atoms with Gasteiger partial charge in [-0.1, -0.05) is 18.6 Å². The minimum atomic E-state index is -0.320. The van der Waals surface area contributed by atoms with Gasteiger partial charge in [-0.05, 0) is 38.9 Å². The average molecular weight is 263 g/mol. The van der Waals surface area contributed by atoms with E-state index in [4.69, 9.17) is 0 Å². The van der Waals surface area contributed by atoms with Crippen molar-refractivity contribution >= 4 is 11.4 Å². The Labute approximate surface area is 113 Å². The van der Waals surface area contributed by atoms with E-state index in [0.717, 1.165) is 25.1 Å². The van der Waals surface area contributed by atoms with Gasteiger partial charge in [-0.25, -0.2) is 0 Å². The van der Waals surface area contributed by atoms with Crippen molar-refractivity contribution in [3.05, 3.63) is 33.9 Å². The largest absolute Gasteiger partial charge is 0.378 e. The zero-order valence-corrected chi connectivity index (χ0v) is 11.6. The number of nitro groups is 1. The molecule has 1 saturated heterocycles. The first kappa shape index (κ1) is 13.8. The number of hydrogen-bond donors (Lipinski definition) is 1. The highest BCUT2D eigenvalue weighted by Crippen LogP contribution is 2.28.